The number of nitrogens with zero attached hydrogens (tertiary/aromatic N) is 2. The van der Waals surface area contributed by atoms with E-state index < -0.39 is 0 Å². The smallest absolute Gasteiger partial charge is 0.310 e. The number of fused-ring (bicyclic) bond motifs is 1. The minimum absolute atomic E-state index is 0.0892. The highest BCUT2D eigenvalue weighted by atomic mass is 16.5. The molecule has 1 aromatic carbocycles. The Kier molecular flexibility index (Phi) is 3.92. The van der Waals surface area contributed by atoms with Gasteiger partial charge in [-0.15, -0.1) is 0 Å². The van der Waals surface area contributed by atoms with Crippen molar-refractivity contribution >= 4 is 17.6 Å². The van der Waals surface area contributed by atoms with Gasteiger partial charge in [-0.05, 0) is 31.0 Å². The standard InChI is InChI=1S/C16H20N2O3/c1-21-16(20)13-6-8-17(10-13)11-15(19)18-9-7-12-4-2-3-5-14(12)18/h2-5,13H,6-11H2,1H3. The Hall–Kier alpha value is -1.88. The van der Waals surface area contributed by atoms with Gasteiger partial charge in [-0.1, -0.05) is 18.2 Å². The third kappa shape index (κ3) is 2.78. The molecule has 1 aromatic rings. The van der Waals surface area contributed by atoms with Gasteiger partial charge in [0, 0.05) is 18.8 Å². The van der Waals surface area contributed by atoms with Crippen LogP contribution >= 0.6 is 0 Å². The number of hydrogen-bond donors (Lipinski definition) is 0. The number of para-hydroxylation sites is 1. The Morgan fingerprint density at radius 2 is 2.10 bits per heavy atom. The predicted octanol–water partition coefficient (Wildman–Crippen LogP) is 1.07. The summed E-state index contributed by atoms with van der Waals surface area (Å²) in [7, 11) is 1.41. The molecule has 112 valence electrons. The monoisotopic (exact) mass is 288 g/mol. The number of rotatable bonds is 3. The highest BCUT2D eigenvalue weighted by Crippen LogP contribution is 2.28. The molecule has 1 atom stereocenters. The molecule has 1 fully saturated rings. The summed E-state index contributed by atoms with van der Waals surface area (Å²) in [6.07, 6.45) is 1.70. The minimum Gasteiger partial charge on any atom is -0.469 e. The minimum atomic E-state index is -0.170. The van der Waals surface area contributed by atoms with Gasteiger partial charge in [0.25, 0.3) is 0 Å². The van der Waals surface area contributed by atoms with Gasteiger partial charge in [-0.3, -0.25) is 14.5 Å². The van der Waals surface area contributed by atoms with Gasteiger partial charge >= 0.3 is 5.97 Å². The van der Waals surface area contributed by atoms with Crippen molar-refractivity contribution in [3.05, 3.63) is 29.8 Å². The first-order chi connectivity index (χ1) is 10.2. The average Bonchev–Trinajstić information content (AvgIpc) is 3.12. The van der Waals surface area contributed by atoms with Gasteiger partial charge in [0.15, 0.2) is 0 Å². The number of likely N-dealkylation sites (tertiary alicyclic amines) is 1. The molecule has 1 amide bonds. The van der Waals surface area contributed by atoms with Crippen LogP contribution in [0.5, 0.6) is 0 Å². The number of benzene rings is 1. The van der Waals surface area contributed by atoms with Gasteiger partial charge in [0.2, 0.25) is 5.91 Å². The molecule has 1 unspecified atom stereocenters. The lowest BCUT2D eigenvalue weighted by Crippen LogP contribution is -2.39. The van der Waals surface area contributed by atoms with Crippen LogP contribution in [0, 0.1) is 5.92 Å². The van der Waals surface area contributed by atoms with Gasteiger partial charge in [0.1, 0.15) is 0 Å². The first kappa shape index (κ1) is 14.1. The fourth-order valence-corrected chi connectivity index (χ4v) is 3.21. The molecule has 2 aliphatic rings. The van der Waals surface area contributed by atoms with E-state index in [-0.39, 0.29) is 17.8 Å². The first-order valence-electron chi connectivity index (χ1n) is 7.37. The van der Waals surface area contributed by atoms with E-state index >= 15 is 0 Å². The maximum Gasteiger partial charge on any atom is 0.310 e. The quantitative estimate of drug-likeness (QED) is 0.781. The molecule has 2 heterocycles. The Balaban J connectivity index is 1.60. The van der Waals surface area contributed by atoms with Crippen LogP contribution in [-0.2, 0) is 20.7 Å². The molecule has 1 saturated heterocycles. The molecule has 0 saturated carbocycles. The van der Waals surface area contributed by atoms with Crippen molar-refractivity contribution in [1.82, 2.24) is 4.90 Å². The van der Waals surface area contributed by atoms with Crippen LogP contribution in [0.1, 0.15) is 12.0 Å². The molecule has 0 aromatic heterocycles. The topological polar surface area (TPSA) is 49.9 Å². The Morgan fingerprint density at radius 3 is 2.90 bits per heavy atom. The lowest BCUT2D eigenvalue weighted by atomic mass is 10.1. The molecule has 0 radical (unpaired) electrons. The zero-order valence-electron chi connectivity index (χ0n) is 12.2. The zero-order chi connectivity index (χ0) is 14.8. The molecular weight excluding hydrogens is 268 g/mol. The summed E-state index contributed by atoms with van der Waals surface area (Å²) in [5, 5.41) is 0. The lowest BCUT2D eigenvalue weighted by molar-refractivity contribution is -0.145. The Morgan fingerprint density at radius 1 is 1.29 bits per heavy atom. The van der Waals surface area contributed by atoms with Crippen molar-refractivity contribution in [2.45, 2.75) is 12.8 Å². The molecule has 5 nitrogen and oxygen atoms in total. The number of methoxy groups -OCH3 is 1. The maximum atomic E-state index is 12.5. The van der Waals surface area contributed by atoms with Crippen LogP contribution in [0.15, 0.2) is 24.3 Å². The summed E-state index contributed by atoms with van der Waals surface area (Å²) in [4.78, 5) is 27.9. The van der Waals surface area contributed by atoms with Crippen LogP contribution in [0.2, 0.25) is 0 Å². The van der Waals surface area contributed by atoms with Crippen molar-refractivity contribution in [2.24, 2.45) is 5.92 Å². The van der Waals surface area contributed by atoms with Crippen molar-refractivity contribution in [1.29, 1.82) is 0 Å². The second-order valence-electron chi connectivity index (χ2n) is 5.67. The molecular formula is C16H20N2O3. The SMILES string of the molecule is COC(=O)C1CCN(CC(=O)N2CCc3ccccc32)C1. The van der Waals surface area contributed by atoms with Gasteiger partial charge < -0.3 is 9.64 Å². The Bertz CT molecular complexity index is 558. The second kappa shape index (κ2) is 5.85. The van der Waals surface area contributed by atoms with Crippen molar-refractivity contribution in [2.75, 3.05) is 38.2 Å². The van der Waals surface area contributed by atoms with E-state index in [0.717, 1.165) is 31.6 Å². The third-order valence-electron chi connectivity index (χ3n) is 4.35. The molecule has 0 aliphatic carbocycles. The predicted molar refractivity (Wildman–Crippen MR) is 79.1 cm³/mol. The summed E-state index contributed by atoms with van der Waals surface area (Å²) in [5.74, 6) is -0.143. The van der Waals surface area contributed by atoms with Crippen LogP contribution in [0.25, 0.3) is 0 Å². The lowest BCUT2D eigenvalue weighted by Gasteiger charge is -2.21. The first-order valence-corrected chi connectivity index (χ1v) is 7.37. The highest BCUT2D eigenvalue weighted by Gasteiger charge is 2.32. The van der Waals surface area contributed by atoms with Crippen LogP contribution in [0.4, 0.5) is 5.69 Å². The molecule has 0 N–H and O–H groups in total. The maximum absolute atomic E-state index is 12.5. The fraction of sp³-hybridized carbons (Fsp3) is 0.500. The fourth-order valence-electron chi connectivity index (χ4n) is 3.21. The van der Waals surface area contributed by atoms with E-state index in [1.165, 1.54) is 12.7 Å². The van der Waals surface area contributed by atoms with Crippen LogP contribution in [0.3, 0.4) is 0 Å². The largest absolute Gasteiger partial charge is 0.469 e. The molecule has 0 bridgehead atoms. The number of anilines is 1. The highest BCUT2D eigenvalue weighted by molar-refractivity contribution is 5.96. The number of ether oxygens (including phenoxy) is 1. The van der Waals surface area contributed by atoms with E-state index in [0.29, 0.717) is 13.1 Å². The van der Waals surface area contributed by atoms with Gasteiger partial charge in [-0.25, -0.2) is 0 Å². The molecule has 3 rings (SSSR count). The van der Waals surface area contributed by atoms with Crippen molar-refractivity contribution < 1.29 is 14.3 Å². The summed E-state index contributed by atoms with van der Waals surface area (Å²) < 4.78 is 4.77. The zero-order valence-corrected chi connectivity index (χ0v) is 12.2. The van der Waals surface area contributed by atoms with E-state index in [2.05, 4.69) is 6.07 Å². The summed E-state index contributed by atoms with van der Waals surface area (Å²) >= 11 is 0. The molecule has 21 heavy (non-hydrogen) atoms. The van der Waals surface area contributed by atoms with Gasteiger partial charge in [-0.2, -0.15) is 0 Å². The summed E-state index contributed by atoms with van der Waals surface area (Å²) in [6.45, 7) is 2.53. The Labute approximate surface area is 124 Å². The number of esters is 1. The summed E-state index contributed by atoms with van der Waals surface area (Å²) in [5.41, 5.74) is 2.27. The van der Waals surface area contributed by atoms with Crippen LogP contribution in [-0.4, -0.2) is 50.1 Å². The third-order valence-corrected chi connectivity index (χ3v) is 4.35. The number of carbonyl (C=O) groups is 2. The molecule has 2 aliphatic heterocycles. The van der Waals surface area contributed by atoms with Crippen LogP contribution < -0.4 is 4.90 Å². The molecule has 5 heteroatoms. The number of amides is 1. The summed E-state index contributed by atoms with van der Waals surface area (Å²) in [6, 6.07) is 8.05. The van der Waals surface area contributed by atoms with E-state index in [1.807, 2.05) is 28.0 Å². The normalized spacial score (nSPS) is 21.4. The number of carbonyl (C=O) groups excluding carboxylic acids is 2. The molecule has 0 spiro atoms. The second-order valence-corrected chi connectivity index (χ2v) is 5.67. The van der Waals surface area contributed by atoms with E-state index in [4.69, 9.17) is 4.74 Å². The van der Waals surface area contributed by atoms with Gasteiger partial charge in [0.05, 0.1) is 19.6 Å². The van der Waals surface area contributed by atoms with Crippen molar-refractivity contribution in [3.8, 4) is 0 Å². The van der Waals surface area contributed by atoms with E-state index in [1.54, 1.807) is 0 Å². The number of hydrogen-bond acceptors (Lipinski definition) is 4. The van der Waals surface area contributed by atoms with E-state index in [9.17, 15) is 9.59 Å². The average molecular weight is 288 g/mol. The van der Waals surface area contributed by atoms with Crippen molar-refractivity contribution in [3.63, 3.8) is 0 Å².